The van der Waals surface area contributed by atoms with Gasteiger partial charge >= 0.3 is 23.3 Å². The van der Waals surface area contributed by atoms with Crippen LogP contribution in [0.15, 0.2) is 72.8 Å². The molecule has 0 saturated carbocycles. The zero-order valence-corrected chi connectivity index (χ0v) is 20.1. The Morgan fingerprint density at radius 1 is 0.867 bits per heavy atom. The van der Waals surface area contributed by atoms with Gasteiger partial charge in [-0.05, 0) is 23.7 Å². The van der Waals surface area contributed by atoms with Crippen molar-refractivity contribution < 1.29 is 26.9 Å². The number of carbonyl (C=O) groups is 1. The minimum atomic E-state index is -3.14. The van der Waals surface area contributed by atoms with Crippen molar-refractivity contribution in [2.45, 2.75) is 19.4 Å². The van der Waals surface area contributed by atoms with E-state index in [-0.39, 0.29) is 6.61 Å². The van der Waals surface area contributed by atoms with Crippen molar-refractivity contribution in [1.82, 2.24) is 0 Å². The van der Waals surface area contributed by atoms with E-state index in [1.807, 2.05) is 60.7 Å². The molecule has 2 aromatic carbocycles. The summed E-state index contributed by atoms with van der Waals surface area (Å²) in [5, 5.41) is 1.91. The monoisotopic (exact) mass is 446 g/mol. The molecule has 0 amide bonds. The van der Waals surface area contributed by atoms with Crippen molar-refractivity contribution in [2.24, 2.45) is 0 Å². The van der Waals surface area contributed by atoms with E-state index in [4.69, 9.17) is 22.1 Å². The van der Waals surface area contributed by atoms with Crippen LogP contribution < -0.4 is 10.4 Å². The van der Waals surface area contributed by atoms with Gasteiger partial charge in [0.1, 0.15) is 0 Å². The Morgan fingerprint density at radius 2 is 1.37 bits per heavy atom. The van der Waals surface area contributed by atoms with Gasteiger partial charge in [0, 0.05) is 32.9 Å². The molecule has 0 bridgehead atoms. The summed E-state index contributed by atoms with van der Waals surface area (Å²) in [4.78, 5) is 11.6. The zero-order valence-electron chi connectivity index (χ0n) is 18.1. The maximum absolute atomic E-state index is 11.6. The Kier molecular flexibility index (Phi) is 9.16. The molecule has 0 atom stereocenters. The molecule has 30 heavy (non-hydrogen) atoms. The first-order valence-electron chi connectivity index (χ1n) is 9.72. The number of benzene rings is 2. The van der Waals surface area contributed by atoms with Gasteiger partial charge in [0.05, 0.1) is 6.61 Å². The molecule has 0 radical (unpaired) electrons. The summed E-state index contributed by atoms with van der Waals surface area (Å²) in [6.45, 7) is 5.44. The predicted octanol–water partition coefficient (Wildman–Crippen LogP) is 2.65. The highest BCUT2D eigenvalue weighted by molar-refractivity contribution is 6.96. The minimum Gasteiger partial charge on any atom is -0.462 e. The first kappa shape index (κ1) is 24.2. The topological polar surface area (TPSA) is 63.2 Å². The summed E-state index contributed by atoms with van der Waals surface area (Å²) in [6, 6.07) is 20.2. The Labute approximate surface area is 181 Å². The number of carbonyl (C=O) groups excluding carboxylic acids is 1. The Bertz CT molecular complexity index is 769. The predicted molar refractivity (Wildman–Crippen MR) is 121 cm³/mol. The van der Waals surface area contributed by atoms with Crippen LogP contribution in [0.25, 0.3) is 0 Å². The molecule has 2 aromatic rings. The highest BCUT2D eigenvalue weighted by atomic mass is 28.5. The van der Waals surface area contributed by atoms with Crippen LogP contribution >= 0.6 is 0 Å². The lowest BCUT2D eigenvalue weighted by Gasteiger charge is -2.38. The molecule has 6 nitrogen and oxygen atoms in total. The summed E-state index contributed by atoms with van der Waals surface area (Å²) in [6.07, 6.45) is 0.532. The van der Waals surface area contributed by atoms with Crippen LogP contribution in [-0.2, 0) is 26.9 Å². The molecule has 2 rings (SSSR count). The number of ether oxygens (including phenoxy) is 1. The van der Waals surface area contributed by atoms with Crippen molar-refractivity contribution in [3.63, 3.8) is 0 Å². The van der Waals surface area contributed by atoms with Gasteiger partial charge in [0.25, 0.3) is 0 Å². The molecule has 0 heterocycles. The van der Waals surface area contributed by atoms with Crippen LogP contribution in [-0.4, -0.2) is 51.3 Å². The van der Waals surface area contributed by atoms with Crippen molar-refractivity contribution in [3.8, 4) is 0 Å². The van der Waals surface area contributed by atoms with Gasteiger partial charge in [-0.3, -0.25) is 0 Å². The van der Waals surface area contributed by atoms with Gasteiger partial charge in [-0.2, -0.15) is 0 Å². The van der Waals surface area contributed by atoms with Crippen molar-refractivity contribution in [2.75, 3.05) is 27.9 Å². The second kappa shape index (κ2) is 11.4. The largest absolute Gasteiger partial charge is 0.492 e. The molecule has 0 fully saturated rings. The van der Waals surface area contributed by atoms with Gasteiger partial charge in [0.2, 0.25) is 0 Å². The molecule has 0 aliphatic heterocycles. The normalized spacial score (nSPS) is 11.9. The maximum Gasteiger partial charge on any atom is 0.492 e. The van der Waals surface area contributed by atoms with E-state index in [1.165, 1.54) is 0 Å². The second-order valence-electron chi connectivity index (χ2n) is 6.77. The third-order valence-corrected chi connectivity index (χ3v) is 12.1. The molecule has 0 unspecified atom stereocenters. The lowest BCUT2D eigenvalue weighted by Crippen LogP contribution is -2.68. The van der Waals surface area contributed by atoms with Crippen LogP contribution in [0.1, 0.15) is 13.3 Å². The van der Waals surface area contributed by atoms with E-state index in [9.17, 15) is 4.79 Å². The van der Waals surface area contributed by atoms with Crippen molar-refractivity contribution in [3.05, 3.63) is 72.8 Å². The van der Waals surface area contributed by atoms with E-state index >= 15 is 0 Å². The summed E-state index contributed by atoms with van der Waals surface area (Å²) < 4.78 is 29.8. The molecule has 162 valence electrons. The number of esters is 1. The average Bonchev–Trinajstić information content (AvgIpc) is 2.80. The molecule has 8 heteroatoms. The maximum atomic E-state index is 11.6. The highest BCUT2D eigenvalue weighted by Gasteiger charge is 2.52. The van der Waals surface area contributed by atoms with Crippen LogP contribution in [0.2, 0.25) is 6.04 Å². The smallest absolute Gasteiger partial charge is 0.462 e. The van der Waals surface area contributed by atoms with Crippen LogP contribution in [0.3, 0.4) is 0 Å². The van der Waals surface area contributed by atoms with Gasteiger partial charge in [-0.25, -0.2) is 4.79 Å². The SMILES string of the molecule is C=C(C)C(=O)OCCC[Si](OC)(OC)O[Si](OC)(c1ccccc1)c1ccccc1. The average molecular weight is 447 g/mol. The fourth-order valence-corrected chi connectivity index (χ4v) is 10.4. The van der Waals surface area contributed by atoms with Gasteiger partial charge < -0.3 is 22.1 Å². The first-order valence-corrected chi connectivity index (χ1v) is 13.5. The standard InChI is InChI=1S/C22H30O6Si2/c1-19(2)22(23)27-17-12-18-29(24-3,25-4)28-30(26-5,20-13-8-6-9-14-20)21-15-10-7-11-16-21/h6-11,13-16H,1,12,17-18H2,2-5H3. The number of hydrogen-bond donors (Lipinski definition) is 0. The lowest BCUT2D eigenvalue weighted by molar-refractivity contribution is -0.139. The van der Waals surface area contributed by atoms with E-state index in [1.54, 1.807) is 28.3 Å². The van der Waals surface area contributed by atoms with Crippen molar-refractivity contribution in [1.29, 1.82) is 0 Å². The fraction of sp³-hybridized carbons (Fsp3) is 0.318. The van der Waals surface area contributed by atoms with Gasteiger partial charge in [-0.1, -0.05) is 67.2 Å². The summed E-state index contributed by atoms with van der Waals surface area (Å²) in [5.74, 6) is -0.410. The quantitative estimate of drug-likeness (QED) is 0.216. The van der Waals surface area contributed by atoms with E-state index in [0.29, 0.717) is 18.0 Å². The zero-order chi connectivity index (χ0) is 22.0. The molecule has 0 aliphatic carbocycles. The fourth-order valence-electron chi connectivity index (χ4n) is 3.09. The molecular formula is C22H30O6Si2. The van der Waals surface area contributed by atoms with E-state index in [2.05, 4.69) is 6.58 Å². The van der Waals surface area contributed by atoms with E-state index in [0.717, 1.165) is 10.4 Å². The summed E-state index contributed by atoms with van der Waals surface area (Å²) in [5.41, 5.74) is 0.368. The number of hydrogen-bond acceptors (Lipinski definition) is 6. The highest BCUT2D eigenvalue weighted by Crippen LogP contribution is 2.23. The third-order valence-electron chi connectivity index (χ3n) is 4.73. The summed E-state index contributed by atoms with van der Waals surface area (Å²) in [7, 11) is -1.43. The molecule has 0 aliphatic rings. The van der Waals surface area contributed by atoms with Gasteiger partial charge in [-0.15, -0.1) is 0 Å². The first-order chi connectivity index (χ1) is 14.4. The lowest BCUT2D eigenvalue weighted by atomic mass is 10.4. The third kappa shape index (κ3) is 5.75. The minimum absolute atomic E-state index is 0.231. The van der Waals surface area contributed by atoms with E-state index < -0.39 is 23.3 Å². The molecule has 0 spiro atoms. The Hall–Kier alpha value is -2.08. The second-order valence-corrected chi connectivity index (χ2v) is 13.1. The Balaban J connectivity index is 2.32. The van der Waals surface area contributed by atoms with Gasteiger partial charge in [0.15, 0.2) is 0 Å². The molecule has 0 saturated heterocycles. The molecular weight excluding hydrogens is 416 g/mol. The van der Waals surface area contributed by atoms with Crippen LogP contribution in [0.5, 0.6) is 0 Å². The van der Waals surface area contributed by atoms with Crippen molar-refractivity contribution >= 4 is 33.7 Å². The van der Waals surface area contributed by atoms with Crippen LogP contribution in [0, 0.1) is 0 Å². The molecule has 0 N–H and O–H groups in total. The number of rotatable bonds is 12. The molecule has 0 aromatic heterocycles. The summed E-state index contributed by atoms with van der Waals surface area (Å²) >= 11 is 0. The van der Waals surface area contributed by atoms with Crippen LogP contribution in [0.4, 0.5) is 0 Å². The Morgan fingerprint density at radius 3 is 1.77 bits per heavy atom.